The monoisotopic (exact) mass is 179 g/mol. The lowest BCUT2D eigenvalue weighted by Crippen LogP contribution is -2.02. The molecule has 0 aliphatic carbocycles. The van der Waals surface area contributed by atoms with Gasteiger partial charge in [0.05, 0.1) is 0 Å². The molecule has 3 heteroatoms. The van der Waals surface area contributed by atoms with E-state index in [4.69, 9.17) is 5.73 Å². The summed E-state index contributed by atoms with van der Waals surface area (Å²) in [5, 5.41) is 0. The second-order valence-electron chi connectivity index (χ2n) is 2.01. The van der Waals surface area contributed by atoms with E-state index in [9.17, 15) is 0 Å². The minimum atomic E-state index is 0.823. The normalized spacial score (nSPS) is 10.2. The Hall–Kier alpha value is 0.660. The fourth-order valence-corrected chi connectivity index (χ4v) is 2.36. The summed E-state index contributed by atoms with van der Waals surface area (Å²) in [4.78, 5) is 0. The van der Waals surface area contributed by atoms with Crippen molar-refractivity contribution in [2.45, 2.75) is 13.3 Å². The van der Waals surface area contributed by atoms with Crippen LogP contribution in [0.1, 0.15) is 13.3 Å². The van der Waals surface area contributed by atoms with Crippen LogP contribution in [0.15, 0.2) is 0 Å². The number of rotatable bonds is 7. The number of hydrogen-bond acceptors (Lipinski definition) is 3. The fraction of sp³-hybridized carbons (Fsp3) is 1.00. The van der Waals surface area contributed by atoms with Crippen molar-refractivity contribution in [1.82, 2.24) is 0 Å². The molecule has 0 aromatic heterocycles. The first kappa shape index (κ1) is 10.7. The lowest BCUT2D eigenvalue weighted by Gasteiger charge is -1.98. The molecule has 0 aliphatic heterocycles. The molecular weight excluding hydrogens is 162 g/mol. The van der Waals surface area contributed by atoms with Crippen LogP contribution in [0.3, 0.4) is 0 Å². The Morgan fingerprint density at radius 1 is 1.00 bits per heavy atom. The predicted molar refractivity (Wildman–Crippen MR) is 54.0 cm³/mol. The Kier molecular flexibility index (Phi) is 10.3. The first-order valence-corrected chi connectivity index (χ1v) is 6.08. The van der Waals surface area contributed by atoms with Gasteiger partial charge < -0.3 is 5.73 Å². The van der Waals surface area contributed by atoms with Gasteiger partial charge in [0.1, 0.15) is 0 Å². The molecular formula is C7H17NS2. The van der Waals surface area contributed by atoms with Gasteiger partial charge in [-0.15, -0.1) is 0 Å². The Balaban J connectivity index is 2.65. The number of nitrogens with two attached hydrogens (primary N) is 1. The second kappa shape index (κ2) is 9.66. The van der Waals surface area contributed by atoms with E-state index in [1.807, 2.05) is 23.5 Å². The van der Waals surface area contributed by atoms with E-state index in [0.29, 0.717) is 0 Å². The van der Waals surface area contributed by atoms with Crippen LogP contribution in [0.5, 0.6) is 0 Å². The minimum absolute atomic E-state index is 0.823. The Bertz CT molecular complexity index is 51.6. The maximum Gasteiger partial charge on any atom is 0.00561 e. The predicted octanol–water partition coefficient (Wildman–Crippen LogP) is 1.82. The van der Waals surface area contributed by atoms with Gasteiger partial charge in [0.2, 0.25) is 0 Å². The molecule has 0 aromatic carbocycles. The van der Waals surface area contributed by atoms with Crippen molar-refractivity contribution in [3.8, 4) is 0 Å². The van der Waals surface area contributed by atoms with Crippen LogP contribution in [0.25, 0.3) is 0 Å². The molecule has 0 unspecified atom stereocenters. The average molecular weight is 179 g/mol. The summed E-state index contributed by atoms with van der Waals surface area (Å²) < 4.78 is 0. The zero-order valence-electron chi connectivity index (χ0n) is 6.64. The van der Waals surface area contributed by atoms with Crippen LogP contribution in [0.4, 0.5) is 0 Å². The Morgan fingerprint density at radius 2 is 1.60 bits per heavy atom. The van der Waals surface area contributed by atoms with E-state index in [2.05, 4.69) is 6.92 Å². The van der Waals surface area contributed by atoms with E-state index >= 15 is 0 Å². The molecule has 1 nitrogen and oxygen atoms in total. The van der Waals surface area contributed by atoms with Crippen molar-refractivity contribution in [2.75, 3.05) is 29.6 Å². The SMILES string of the molecule is CCCSCCSCCN. The third-order valence-electron chi connectivity index (χ3n) is 0.983. The van der Waals surface area contributed by atoms with Crippen molar-refractivity contribution >= 4 is 23.5 Å². The zero-order valence-corrected chi connectivity index (χ0v) is 8.27. The quantitative estimate of drug-likeness (QED) is 0.604. The van der Waals surface area contributed by atoms with Crippen molar-refractivity contribution in [3.05, 3.63) is 0 Å². The summed E-state index contributed by atoms with van der Waals surface area (Å²) in [6, 6.07) is 0. The van der Waals surface area contributed by atoms with Crippen molar-refractivity contribution in [1.29, 1.82) is 0 Å². The summed E-state index contributed by atoms with van der Waals surface area (Å²) >= 11 is 4.00. The molecule has 10 heavy (non-hydrogen) atoms. The molecule has 0 aromatic rings. The average Bonchev–Trinajstić information content (AvgIpc) is 1.97. The van der Waals surface area contributed by atoms with Crippen LogP contribution in [-0.2, 0) is 0 Å². The van der Waals surface area contributed by atoms with Gasteiger partial charge in [0.15, 0.2) is 0 Å². The van der Waals surface area contributed by atoms with E-state index in [1.54, 1.807) is 0 Å². The van der Waals surface area contributed by atoms with Gasteiger partial charge in [-0.2, -0.15) is 23.5 Å². The van der Waals surface area contributed by atoms with Gasteiger partial charge in [0.25, 0.3) is 0 Å². The van der Waals surface area contributed by atoms with Gasteiger partial charge >= 0.3 is 0 Å². The highest BCUT2D eigenvalue weighted by atomic mass is 32.2. The summed E-state index contributed by atoms with van der Waals surface area (Å²) in [7, 11) is 0. The summed E-state index contributed by atoms with van der Waals surface area (Å²) in [6.07, 6.45) is 1.30. The summed E-state index contributed by atoms with van der Waals surface area (Å²) in [5.74, 6) is 4.98. The van der Waals surface area contributed by atoms with Gasteiger partial charge in [-0.25, -0.2) is 0 Å². The molecule has 0 aliphatic rings. The van der Waals surface area contributed by atoms with Crippen molar-refractivity contribution in [3.63, 3.8) is 0 Å². The van der Waals surface area contributed by atoms with Crippen LogP contribution >= 0.6 is 23.5 Å². The molecule has 0 fully saturated rings. The van der Waals surface area contributed by atoms with Crippen LogP contribution in [0.2, 0.25) is 0 Å². The molecule has 0 spiro atoms. The Labute approximate surface area is 72.5 Å². The van der Waals surface area contributed by atoms with E-state index in [1.165, 1.54) is 23.7 Å². The first-order chi connectivity index (χ1) is 4.91. The van der Waals surface area contributed by atoms with Crippen LogP contribution in [-0.4, -0.2) is 29.6 Å². The molecule has 0 amide bonds. The summed E-state index contributed by atoms with van der Waals surface area (Å²) in [5.41, 5.74) is 5.34. The molecule has 2 N–H and O–H groups in total. The molecule has 0 saturated carbocycles. The van der Waals surface area contributed by atoms with Crippen molar-refractivity contribution in [2.24, 2.45) is 5.73 Å². The van der Waals surface area contributed by atoms with Crippen LogP contribution < -0.4 is 5.73 Å². The zero-order chi connectivity index (χ0) is 7.66. The standard InChI is InChI=1S/C7H17NS2/c1-2-4-9-6-7-10-5-3-8/h2-8H2,1H3. The molecule has 62 valence electrons. The first-order valence-electron chi connectivity index (χ1n) is 3.77. The molecule has 0 heterocycles. The summed E-state index contributed by atoms with van der Waals surface area (Å²) in [6.45, 7) is 3.04. The highest BCUT2D eigenvalue weighted by molar-refractivity contribution is 8.02. The molecule has 0 radical (unpaired) electrons. The van der Waals surface area contributed by atoms with Crippen LogP contribution in [0, 0.1) is 0 Å². The number of thioether (sulfide) groups is 2. The van der Waals surface area contributed by atoms with E-state index in [0.717, 1.165) is 12.3 Å². The van der Waals surface area contributed by atoms with Gasteiger partial charge in [-0.05, 0) is 12.2 Å². The van der Waals surface area contributed by atoms with Gasteiger partial charge in [-0.1, -0.05) is 6.92 Å². The number of hydrogen-bond donors (Lipinski definition) is 1. The molecule has 0 atom stereocenters. The highest BCUT2D eigenvalue weighted by Crippen LogP contribution is 2.06. The fourth-order valence-electron chi connectivity index (χ4n) is 0.550. The van der Waals surface area contributed by atoms with Gasteiger partial charge in [-0.3, -0.25) is 0 Å². The smallest absolute Gasteiger partial charge is 0.00561 e. The maximum atomic E-state index is 5.34. The lowest BCUT2D eigenvalue weighted by molar-refractivity contribution is 1.11. The minimum Gasteiger partial charge on any atom is -0.330 e. The topological polar surface area (TPSA) is 26.0 Å². The molecule has 0 bridgehead atoms. The maximum absolute atomic E-state index is 5.34. The van der Waals surface area contributed by atoms with E-state index < -0.39 is 0 Å². The molecule has 0 rings (SSSR count). The highest BCUT2D eigenvalue weighted by Gasteiger charge is 1.87. The van der Waals surface area contributed by atoms with E-state index in [-0.39, 0.29) is 0 Å². The third kappa shape index (κ3) is 8.66. The van der Waals surface area contributed by atoms with Crippen molar-refractivity contribution < 1.29 is 0 Å². The Morgan fingerprint density at radius 3 is 2.10 bits per heavy atom. The second-order valence-corrected chi connectivity index (χ2v) is 4.46. The third-order valence-corrected chi connectivity index (χ3v) is 3.45. The van der Waals surface area contributed by atoms with Gasteiger partial charge in [0, 0.05) is 23.8 Å². The largest absolute Gasteiger partial charge is 0.330 e. The lowest BCUT2D eigenvalue weighted by atomic mass is 10.6. The molecule has 0 saturated heterocycles.